The lowest BCUT2D eigenvalue weighted by molar-refractivity contribution is -0.126. The van der Waals surface area contributed by atoms with Crippen LogP contribution in [0.1, 0.15) is 22.8 Å². The smallest absolute Gasteiger partial charge is 0.237 e. The predicted molar refractivity (Wildman–Crippen MR) is 96.3 cm³/mol. The Kier molecular flexibility index (Phi) is 5.36. The number of aliphatic hydroxyl groups excluding tert-OH is 1. The highest BCUT2D eigenvalue weighted by Crippen LogP contribution is 2.28. The fourth-order valence-electron chi connectivity index (χ4n) is 3.48. The molecule has 0 aliphatic carbocycles. The van der Waals surface area contributed by atoms with Crippen molar-refractivity contribution in [3.8, 4) is 5.75 Å². The maximum atomic E-state index is 12.5. The Morgan fingerprint density at radius 1 is 1.28 bits per heavy atom. The van der Waals surface area contributed by atoms with Crippen LogP contribution in [0.5, 0.6) is 5.75 Å². The van der Waals surface area contributed by atoms with Crippen molar-refractivity contribution in [3.63, 3.8) is 0 Å². The van der Waals surface area contributed by atoms with E-state index in [0.717, 1.165) is 16.7 Å². The minimum absolute atomic E-state index is 0.0511. The molecule has 0 spiro atoms. The van der Waals surface area contributed by atoms with Gasteiger partial charge in [0, 0.05) is 20.1 Å². The van der Waals surface area contributed by atoms with Gasteiger partial charge in [-0.3, -0.25) is 9.69 Å². The second-order valence-corrected chi connectivity index (χ2v) is 6.46. The molecule has 2 aromatic rings. The van der Waals surface area contributed by atoms with Crippen LogP contribution >= 0.6 is 0 Å². The average Bonchev–Trinajstić information content (AvgIpc) is 2.78. The van der Waals surface area contributed by atoms with Crippen LogP contribution in [0.25, 0.3) is 0 Å². The van der Waals surface area contributed by atoms with Gasteiger partial charge in [0.15, 0.2) is 0 Å². The summed E-state index contributed by atoms with van der Waals surface area (Å²) >= 11 is 0. The quantitative estimate of drug-likeness (QED) is 0.791. The van der Waals surface area contributed by atoms with E-state index in [4.69, 9.17) is 0 Å². The Labute approximate surface area is 147 Å². The van der Waals surface area contributed by atoms with Crippen molar-refractivity contribution in [1.82, 2.24) is 10.2 Å². The molecule has 0 radical (unpaired) electrons. The van der Waals surface area contributed by atoms with Gasteiger partial charge in [0.25, 0.3) is 0 Å². The molecule has 2 atom stereocenters. The van der Waals surface area contributed by atoms with Crippen LogP contribution in [0.4, 0.5) is 0 Å². The third-order valence-electron chi connectivity index (χ3n) is 4.82. The highest BCUT2D eigenvalue weighted by Gasteiger charge is 2.30. The van der Waals surface area contributed by atoms with Crippen LogP contribution in [-0.4, -0.2) is 47.2 Å². The molecule has 2 aromatic carbocycles. The number of nitrogens with one attached hydrogen (secondary N) is 1. The molecular formula is C20H24N2O3. The van der Waals surface area contributed by atoms with E-state index in [0.29, 0.717) is 25.9 Å². The monoisotopic (exact) mass is 340 g/mol. The van der Waals surface area contributed by atoms with Gasteiger partial charge in [0.2, 0.25) is 5.91 Å². The topological polar surface area (TPSA) is 72.8 Å². The maximum Gasteiger partial charge on any atom is 0.237 e. The third kappa shape index (κ3) is 4.00. The van der Waals surface area contributed by atoms with E-state index in [-0.39, 0.29) is 17.7 Å². The minimum atomic E-state index is -0.680. The van der Waals surface area contributed by atoms with E-state index in [1.165, 1.54) is 0 Å². The summed E-state index contributed by atoms with van der Waals surface area (Å²) in [5.41, 5.74) is 2.85. The van der Waals surface area contributed by atoms with E-state index in [1.807, 2.05) is 35.2 Å². The Morgan fingerprint density at radius 2 is 2.04 bits per heavy atom. The molecule has 1 aliphatic heterocycles. The number of amides is 1. The number of carbonyl (C=O) groups is 1. The lowest BCUT2D eigenvalue weighted by Crippen LogP contribution is -2.48. The summed E-state index contributed by atoms with van der Waals surface area (Å²) in [6.07, 6.45) is 0.596. The van der Waals surface area contributed by atoms with Gasteiger partial charge in [-0.15, -0.1) is 0 Å². The lowest BCUT2D eigenvalue weighted by atomic mass is 10.0. The van der Waals surface area contributed by atoms with Crippen molar-refractivity contribution in [1.29, 1.82) is 0 Å². The molecule has 3 rings (SSSR count). The van der Waals surface area contributed by atoms with Crippen molar-refractivity contribution < 1.29 is 15.0 Å². The molecule has 25 heavy (non-hydrogen) atoms. The van der Waals surface area contributed by atoms with Crippen LogP contribution in [0.15, 0.2) is 48.5 Å². The Balaban J connectivity index is 1.83. The number of β-amino-alcohol motifs (C(OH)–C–C–N with tert-alkyl or cyclic N) is 1. The zero-order valence-corrected chi connectivity index (χ0v) is 14.4. The number of phenolic OH excluding ortho intramolecular Hbond substituents is 1. The first-order chi connectivity index (χ1) is 12.1. The second kappa shape index (κ2) is 7.68. The number of aromatic hydroxyl groups is 1. The van der Waals surface area contributed by atoms with Crippen LogP contribution in [0.3, 0.4) is 0 Å². The van der Waals surface area contributed by atoms with Crippen molar-refractivity contribution in [2.75, 3.05) is 20.1 Å². The summed E-state index contributed by atoms with van der Waals surface area (Å²) in [6.45, 7) is 1.04. The number of carbonyl (C=O) groups excluding carboxylic acids is 1. The number of hydrogen-bond acceptors (Lipinski definition) is 4. The molecule has 0 saturated heterocycles. The normalized spacial score (nSPS) is 18.9. The predicted octanol–water partition coefficient (Wildman–Crippen LogP) is 1.64. The van der Waals surface area contributed by atoms with E-state index in [1.54, 1.807) is 25.2 Å². The van der Waals surface area contributed by atoms with Gasteiger partial charge in [0.1, 0.15) is 5.75 Å². The van der Waals surface area contributed by atoms with Crippen LogP contribution in [0, 0.1) is 0 Å². The van der Waals surface area contributed by atoms with Crippen molar-refractivity contribution in [2.24, 2.45) is 0 Å². The number of benzene rings is 2. The van der Waals surface area contributed by atoms with Gasteiger partial charge in [-0.05, 0) is 41.7 Å². The Morgan fingerprint density at radius 3 is 2.76 bits per heavy atom. The minimum Gasteiger partial charge on any atom is -0.508 e. The molecule has 3 N–H and O–H groups in total. The van der Waals surface area contributed by atoms with Crippen LogP contribution in [-0.2, 0) is 17.6 Å². The Hall–Kier alpha value is -2.37. The fourth-order valence-corrected chi connectivity index (χ4v) is 3.48. The summed E-state index contributed by atoms with van der Waals surface area (Å²) in [6, 6.07) is 14.6. The summed E-state index contributed by atoms with van der Waals surface area (Å²) in [4.78, 5) is 14.5. The molecule has 1 amide bonds. The summed E-state index contributed by atoms with van der Waals surface area (Å²) < 4.78 is 0. The molecule has 0 aromatic heterocycles. The fraction of sp³-hybridized carbons (Fsp3) is 0.350. The molecule has 0 bridgehead atoms. The Bertz CT molecular complexity index is 733. The number of likely N-dealkylation sites (N-methyl/N-ethyl adjacent to an activating group) is 1. The van der Waals surface area contributed by atoms with Gasteiger partial charge in [-0.2, -0.15) is 0 Å². The zero-order valence-electron chi connectivity index (χ0n) is 14.4. The van der Waals surface area contributed by atoms with Gasteiger partial charge in [0.05, 0.1) is 12.1 Å². The molecular weight excluding hydrogens is 316 g/mol. The molecule has 5 nitrogen and oxygen atoms in total. The van der Waals surface area contributed by atoms with Gasteiger partial charge in [-0.1, -0.05) is 36.4 Å². The number of phenols is 1. The SMILES string of the molecule is CNC(=O)C(Cc1ccccc1)N1CCc2cc(O)ccc2C(O)C1. The molecule has 5 heteroatoms. The standard InChI is InChI=1S/C20H24N2O3/c1-21-20(25)18(11-14-5-3-2-4-6-14)22-10-9-15-12-16(23)7-8-17(15)19(24)13-22/h2-8,12,18-19,23-24H,9-11,13H2,1H3,(H,21,25). The molecule has 1 aliphatic rings. The number of aliphatic hydroxyl groups is 1. The largest absolute Gasteiger partial charge is 0.508 e. The second-order valence-electron chi connectivity index (χ2n) is 6.46. The molecule has 132 valence electrons. The van der Waals surface area contributed by atoms with E-state index < -0.39 is 6.10 Å². The maximum absolute atomic E-state index is 12.5. The first-order valence-electron chi connectivity index (χ1n) is 8.58. The number of hydrogen-bond donors (Lipinski definition) is 3. The van der Waals surface area contributed by atoms with Crippen LogP contribution in [0.2, 0.25) is 0 Å². The highest BCUT2D eigenvalue weighted by molar-refractivity contribution is 5.81. The molecule has 1 heterocycles. The molecule has 0 saturated carbocycles. The average molecular weight is 340 g/mol. The van der Waals surface area contributed by atoms with Gasteiger partial charge >= 0.3 is 0 Å². The van der Waals surface area contributed by atoms with E-state index in [9.17, 15) is 15.0 Å². The van der Waals surface area contributed by atoms with E-state index in [2.05, 4.69) is 5.32 Å². The third-order valence-corrected chi connectivity index (χ3v) is 4.82. The van der Waals surface area contributed by atoms with Crippen molar-refractivity contribution in [2.45, 2.75) is 25.0 Å². The lowest BCUT2D eigenvalue weighted by Gasteiger charge is -2.30. The van der Waals surface area contributed by atoms with Crippen LogP contribution < -0.4 is 5.32 Å². The molecule has 0 fully saturated rings. The first-order valence-corrected chi connectivity index (χ1v) is 8.58. The number of fused-ring (bicyclic) bond motifs is 1. The summed E-state index contributed by atoms with van der Waals surface area (Å²) in [5, 5.41) is 23.1. The van der Waals surface area contributed by atoms with Gasteiger partial charge in [-0.25, -0.2) is 0 Å². The highest BCUT2D eigenvalue weighted by atomic mass is 16.3. The number of rotatable bonds is 4. The van der Waals surface area contributed by atoms with Gasteiger partial charge < -0.3 is 15.5 Å². The zero-order chi connectivity index (χ0) is 17.8. The first kappa shape index (κ1) is 17.5. The number of nitrogens with zero attached hydrogens (tertiary/aromatic N) is 1. The van der Waals surface area contributed by atoms with Crippen molar-refractivity contribution >= 4 is 5.91 Å². The van der Waals surface area contributed by atoms with Crippen molar-refractivity contribution in [3.05, 3.63) is 65.2 Å². The summed E-state index contributed by atoms with van der Waals surface area (Å²) in [7, 11) is 1.64. The summed E-state index contributed by atoms with van der Waals surface area (Å²) in [5.74, 6) is 0.149. The molecule has 2 unspecified atom stereocenters. The van der Waals surface area contributed by atoms with E-state index >= 15 is 0 Å².